The standard InChI is InChI=1S/C16H16N4OS2/c1-2-7-20-14(11-5-6-11)18-19-16(20)23-10-12-9-22-15(17-12)13-4-3-8-21-13/h2-4,8-9,11H,1,5-7,10H2. The van der Waals surface area contributed by atoms with Gasteiger partial charge in [0.1, 0.15) is 5.82 Å². The first-order valence-electron chi connectivity index (χ1n) is 7.50. The molecule has 23 heavy (non-hydrogen) atoms. The molecule has 5 nitrogen and oxygen atoms in total. The molecule has 0 aliphatic heterocycles. The van der Waals surface area contributed by atoms with Crippen LogP contribution in [0.2, 0.25) is 0 Å². The second-order valence-electron chi connectivity index (χ2n) is 5.42. The van der Waals surface area contributed by atoms with E-state index in [2.05, 4.69) is 31.7 Å². The van der Waals surface area contributed by atoms with Crippen molar-refractivity contribution in [1.82, 2.24) is 19.7 Å². The Bertz CT molecular complexity index is 802. The third-order valence-electron chi connectivity index (χ3n) is 3.63. The zero-order valence-corrected chi connectivity index (χ0v) is 14.1. The van der Waals surface area contributed by atoms with Gasteiger partial charge in [0.05, 0.1) is 12.0 Å². The molecule has 3 aromatic heterocycles. The third-order valence-corrected chi connectivity index (χ3v) is 5.54. The molecule has 7 heteroatoms. The summed E-state index contributed by atoms with van der Waals surface area (Å²) in [4.78, 5) is 4.62. The van der Waals surface area contributed by atoms with Crippen LogP contribution >= 0.6 is 23.1 Å². The fraction of sp³-hybridized carbons (Fsp3) is 0.312. The van der Waals surface area contributed by atoms with E-state index in [1.54, 1.807) is 29.4 Å². The van der Waals surface area contributed by atoms with Gasteiger partial charge in [-0.15, -0.1) is 28.1 Å². The van der Waals surface area contributed by atoms with Crippen LogP contribution in [0.15, 0.2) is 46.0 Å². The molecule has 1 aliphatic carbocycles. The van der Waals surface area contributed by atoms with Crippen LogP contribution in [-0.2, 0) is 12.3 Å². The summed E-state index contributed by atoms with van der Waals surface area (Å²) in [6.07, 6.45) is 6.01. The van der Waals surface area contributed by atoms with Crippen LogP contribution in [-0.4, -0.2) is 19.7 Å². The number of thioether (sulfide) groups is 1. The molecule has 4 rings (SSSR count). The van der Waals surface area contributed by atoms with Gasteiger partial charge in [0.15, 0.2) is 15.9 Å². The molecule has 0 atom stereocenters. The van der Waals surface area contributed by atoms with Gasteiger partial charge in [-0.1, -0.05) is 17.8 Å². The van der Waals surface area contributed by atoms with E-state index in [0.29, 0.717) is 5.92 Å². The fourth-order valence-electron chi connectivity index (χ4n) is 2.38. The van der Waals surface area contributed by atoms with E-state index in [1.165, 1.54) is 12.8 Å². The Balaban J connectivity index is 1.47. The number of hydrogen-bond donors (Lipinski definition) is 0. The van der Waals surface area contributed by atoms with E-state index in [-0.39, 0.29) is 0 Å². The van der Waals surface area contributed by atoms with Gasteiger partial charge < -0.3 is 8.98 Å². The Hall–Kier alpha value is -1.86. The van der Waals surface area contributed by atoms with Gasteiger partial charge in [-0.2, -0.15) is 0 Å². The average Bonchev–Trinajstić information content (AvgIpc) is 2.97. The van der Waals surface area contributed by atoms with Gasteiger partial charge in [-0.05, 0) is 25.0 Å². The van der Waals surface area contributed by atoms with Crippen LogP contribution in [0.3, 0.4) is 0 Å². The fourth-order valence-corrected chi connectivity index (χ4v) is 4.12. The summed E-state index contributed by atoms with van der Waals surface area (Å²) in [5.74, 6) is 3.28. The van der Waals surface area contributed by atoms with Crippen molar-refractivity contribution in [3.05, 3.63) is 47.9 Å². The van der Waals surface area contributed by atoms with Gasteiger partial charge >= 0.3 is 0 Å². The highest BCUT2D eigenvalue weighted by molar-refractivity contribution is 7.98. The summed E-state index contributed by atoms with van der Waals surface area (Å²) in [5.41, 5.74) is 1.03. The summed E-state index contributed by atoms with van der Waals surface area (Å²) in [6.45, 7) is 4.60. The minimum atomic E-state index is 0.585. The van der Waals surface area contributed by atoms with Crippen LogP contribution in [0.5, 0.6) is 0 Å². The molecular weight excluding hydrogens is 328 g/mol. The van der Waals surface area contributed by atoms with Crippen molar-refractivity contribution in [3.8, 4) is 10.8 Å². The normalized spacial score (nSPS) is 14.3. The molecular formula is C16H16N4OS2. The number of nitrogens with zero attached hydrogens (tertiary/aromatic N) is 4. The number of aromatic nitrogens is 4. The Labute approximate surface area is 142 Å². The highest BCUT2D eigenvalue weighted by Crippen LogP contribution is 2.40. The van der Waals surface area contributed by atoms with Crippen LogP contribution in [0.25, 0.3) is 10.8 Å². The maximum absolute atomic E-state index is 5.39. The number of furan rings is 1. The molecule has 3 heterocycles. The zero-order chi connectivity index (χ0) is 15.6. The highest BCUT2D eigenvalue weighted by atomic mass is 32.2. The number of allylic oxidation sites excluding steroid dienone is 1. The molecule has 0 unspecified atom stereocenters. The molecule has 0 aromatic carbocycles. The van der Waals surface area contributed by atoms with Crippen molar-refractivity contribution >= 4 is 23.1 Å². The summed E-state index contributed by atoms with van der Waals surface area (Å²) in [5, 5.41) is 12.6. The lowest BCUT2D eigenvalue weighted by Crippen LogP contribution is -2.02. The van der Waals surface area contributed by atoms with E-state index in [4.69, 9.17) is 4.42 Å². The largest absolute Gasteiger partial charge is 0.462 e. The quantitative estimate of drug-likeness (QED) is 0.471. The van der Waals surface area contributed by atoms with Crippen molar-refractivity contribution in [2.45, 2.75) is 36.2 Å². The molecule has 0 radical (unpaired) electrons. The Morgan fingerprint density at radius 3 is 3.09 bits per heavy atom. The molecule has 1 aliphatic rings. The highest BCUT2D eigenvalue weighted by Gasteiger charge is 2.30. The lowest BCUT2D eigenvalue weighted by Gasteiger charge is -2.06. The minimum absolute atomic E-state index is 0.585. The Kier molecular flexibility index (Phi) is 4.05. The minimum Gasteiger partial charge on any atom is -0.462 e. The second-order valence-corrected chi connectivity index (χ2v) is 7.22. The van der Waals surface area contributed by atoms with E-state index in [9.17, 15) is 0 Å². The monoisotopic (exact) mass is 344 g/mol. The molecule has 1 fully saturated rings. The van der Waals surface area contributed by atoms with Gasteiger partial charge in [0.2, 0.25) is 0 Å². The summed E-state index contributed by atoms with van der Waals surface area (Å²) >= 11 is 3.27. The molecule has 0 N–H and O–H groups in total. The van der Waals surface area contributed by atoms with Crippen LogP contribution < -0.4 is 0 Å². The van der Waals surface area contributed by atoms with Gasteiger partial charge in [0.25, 0.3) is 0 Å². The molecule has 118 valence electrons. The molecule has 1 saturated carbocycles. The van der Waals surface area contributed by atoms with Crippen molar-refractivity contribution in [2.24, 2.45) is 0 Å². The van der Waals surface area contributed by atoms with Gasteiger partial charge in [-0.3, -0.25) is 0 Å². The lowest BCUT2D eigenvalue weighted by molar-refractivity contribution is 0.581. The number of thiazole rings is 1. The van der Waals surface area contributed by atoms with Crippen LogP contribution in [0.4, 0.5) is 0 Å². The maximum atomic E-state index is 5.39. The Morgan fingerprint density at radius 2 is 2.35 bits per heavy atom. The van der Waals surface area contributed by atoms with Crippen molar-refractivity contribution in [3.63, 3.8) is 0 Å². The number of rotatable bonds is 7. The predicted molar refractivity (Wildman–Crippen MR) is 91.6 cm³/mol. The first kappa shape index (κ1) is 14.7. The Morgan fingerprint density at radius 1 is 1.43 bits per heavy atom. The second kappa shape index (κ2) is 6.33. The van der Waals surface area contributed by atoms with Gasteiger partial charge in [0, 0.05) is 23.6 Å². The summed E-state index contributed by atoms with van der Waals surface area (Å²) < 4.78 is 7.56. The first-order valence-corrected chi connectivity index (χ1v) is 9.36. The van der Waals surface area contributed by atoms with E-state index >= 15 is 0 Å². The van der Waals surface area contributed by atoms with Crippen molar-refractivity contribution in [2.75, 3.05) is 0 Å². The first-order chi connectivity index (χ1) is 11.3. The zero-order valence-electron chi connectivity index (χ0n) is 12.5. The SMILES string of the molecule is C=CCn1c(SCc2csc(-c3ccco3)n2)nnc1C1CC1. The summed E-state index contributed by atoms with van der Waals surface area (Å²) in [6, 6.07) is 3.81. The molecule has 0 amide bonds. The maximum Gasteiger partial charge on any atom is 0.191 e. The predicted octanol–water partition coefficient (Wildman–Crippen LogP) is 4.35. The van der Waals surface area contributed by atoms with Gasteiger partial charge in [-0.25, -0.2) is 4.98 Å². The lowest BCUT2D eigenvalue weighted by atomic mass is 10.4. The molecule has 3 aromatic rings. The molecule has 0 saturated heterocycles. The molecule has 0 spiro atoms. The molecule has 0 bridgehead atoms. The van der Waals surface area contributed by atoms with E-state index < -0.39 is 0 Å². The van der Waals surface area contributed by atoms with Crippen molar-refractivity contribution < 1.29 is 4.42 Å². The van der Waals surface area contributed by atoms with Crippen molar-refractivity contribution in [1.29, 1.82) is 0 Å². The smallest absolute Gasteiger partial charge is 0.191 e. The third kappa shape index (κ3) is 3.11. The average molecular weight is 344 g/mol. The van der Waals surface area contributed by atoms with Crippen LogP contribution in [0.1, 0.15) is 30.3 Å². The summed E-state index contributed by atoms with van der Waals surface area (Å²) in [7, 11) is 0. The topological polar surface area (TPSA) is 56.7 Å². The van der Waals surface area contributed by atoms with E-state index in [1.807, 2.05) is 18.2 Å². The van der Waals surface area contributed by atoms with Crippen LogP contribution in [0, 0.1) is 0 Å². The number of hydrogen-bond acceptors (Lipinski definition) is 6. The van der Waals surface area contributed by atoms with E-state index in [0.717, 1.165) is 39.7 Å².